The number of likely N-dealkylation sites (tertiary alicyclic amines) is 1. The van der Waals surface area contributed by atoms with Crippen molar-refractivity contribution in [1.82, 2.24) is 15.5 Å². The number of amides is 1. The summed E-state index contributed by atoms with van der Waals surface area (Å²) in [7, 11) is 0. The number of carboxylic acids is 1. The zero-order chi connectivity index (χ0) is 15.8. The molecule has 21 heavy (non-hydrogen) atoms. The van der Waals surface area contributed by atoms with Crippen molar-refractivity contribution in [3.05, 3.63) is 0 Å². The SMILES string of the molecule is CC(C)C[C@@H](CNCC(=O)O)NC[C@H]1CCCN1C(=O)O. The standard InChI is InChI=1S/C14H27N3O4/c1-10(2)6-11(7-15-9-13(18)19)16-8-12-4-3-5-17(12)14(20)21/h10-12,15-16H,3-9H2,1-2H3,(H,18,19)(H,20,21)/t11-,12+/m0/s1. The van der Waals surface area contributed by atoms with Crippen LogP contribution in [0, 0.1) is 5.92 Å². The number of carboxylic acid groups (broad SMARTS) is 2. The van der Waals surface area contributed by atoms with E-state index in [2.05, 4.69) is 24.5 Å². The maximum absolute atomic E-state index is 11.1. The largest absolute Gasteiger partial charge is 0.480 e. The van der Waals surface area contributed by atoms with Crippen molar-refractivity contribution in [2.24, 2.45) is 5.92 Å². The molecule has 0 aromatic heterocycles. The fourth-order valence-corrected chi connectivity index (χ4v) is 2.76. The number of nitrogens with one attached hydrogen (secondary N) is 2. The van der Waals surface area contributed by atoms with Gasteiger partial charge in [-0.1, -0.05) is 13.8 Å². The van der Waals surface area contributed by atoms with Crippen LogP contribution in [0.15, 0.2) is 0 Å². The first-order valence-electron chi connectivity index (χ1n) is 7.55. The zero-order valence-corrected chi connectivity index (χ0v) is 12.8. The smallest absolute Gasteiger partial charge is 0.407 e. The number of carbonyl (C=O) groups is 2. The average molecular weight is 301 g/mol. The highest BCUT2D eigenvalue weighted by Gasteiger charge is 2.28. The average Bonchev–Trinajstić information content (AvgIpc) is 2.83. The number of hydrogen-bond acceptors (Lipinski definition) is 4. The van der Waals surface area contributed by atoms with Crippen LogP contribution in [0.2, 0.25) is 0 Å². The lowest BCUT2D eigenvalue weighted by Crippen LogP contribution is -2.47. The van der Waals surface area contributed by atoms with Gasteiger partial charge in [-0.3, -0.25) is 4.79 Å². The Labute approximate surface area is 125 Å². The molecule has 0 aromatic carbocycles. The fraction of sp³-hybridized carbons (Fsp3) is 0.857. The van der Waals surface area contributed by atoms with E-state index in [-0.39, 0.29) is 18.6 Å². The minimum Gasteiger partial charge on any atom is -0.480 e. The maximum atomic E-state index is 11.1. The van der Waals surface area contributed by atoms with Crippen LogP contribution in [0.1, 0.15) is 33.1 Å². The highest BCUT2D eigenvalue weighted by Crippen LogP contribution is 2.17. The molecule has 0 aliphatic carbocycles. The van der Waals surface area contributed by atoms with Crippen molar-refractivity contribution in [1.29, 1.82) is 0 Å². The Balaban J connectivity index is 2.40. The highest BCUT2D eigenvalue weighted by molar-refractivity contribution is 5.69. The molecule has 2 atom stereocenters. The van der Waals surface area contributed by atoms with Crippen LogP contribution < -0.4 is 10.6 Å². The Hall–Kier alpha value is -1.34. The molecule has 1 aliphatic heterocycles. The summed E-state index contributed by atoms with van der Waals surface area (Å²) in [6, 6.07) is 0.178. The van der Waals surface area contributed by atoms with Crippen LogP contribution in [-0.2, 0) is 4.79 Å². The first-order chi connectivity index (χ1) is 9.90. The molecule has 1 aliphatic rings. The molecule has 1 saturated heterocycles. The molecule has 122 valence electrons. The number of rotatable bonds is 9. The summed E-state index contributed by atoms with van der Waals surface area (Å²) >= 11 is 0. The predicted molar refractivity (Wildman–Crippen MR) is 79.5 cm³/mol. The van der Waals surface area contributed by atoms with Gasteiger partial charge in [-0.25, -0.2) is 4.79 Å². The molecule has 0 radical (unpaired) electrons. The second-order valence-electron chi connectivity index (χ2n) is 6.03. The minimum absolute atomic E-state index is 0.0247. The number of nitrogens with zero attached hydrogens (tertiary/aromatic N) is 1. The summed E-state index contributed by atoms with van der Waals surface area (Å²) in [5.74, 6) is -0.376. The van der Waals surface area contributed by atoms with Gasteiger partial charge in [-0.15, -0.1) is 0 Å². The Morgan fingerprint density at radius 1 is 1.33 bits per heavy atom. The van der Waals surface area contributed by atoms with Crippen molar-refractivity contribution in [3.63, 3.8) is 0 Å². The Bertz CT molecular complexity index is 349. The van der Waals surface area contributed by atoms with Gasteiger partial charge < -0.3 is 25.7 Å². The molecule has 1 heterocycles. The molecule has 7 heteroatoms. The van der Waals surface area contributed by atoms with Crippen molar-refractivity contribution < 1.29 is 19.8 Å². The summed E-state index contributed by atoms with van der Waals surface area (Å²) in [4.78, 5) is 23.1. The molecule has 1 amide bonds. The quantitative estimate of drug-likeness (QED) is 0.502. The number of hydrogen-bond donors (Lipinski definition) is 4. The van der Waals surface area contributed by atoms with Crippen LogP contribution in [0.25, 0.3) is 0 Å². The molecule has 7 nitrogen and oxygen atoms in total. The Kier molecular flexibility index (Phi) is 7.45. The summed E-state index contributed by atoms with van der Waals surface area (Å²) in [5.41, 5.74) is 0. The van der Waals surface area contributed by atoms with E-state index in [1.807, 2.05) is 0 Å². The van der Waals surface area contributed by atoms with Crippen LogP contribution in [0.5, 0.6) is 0 Å². The Morgan fingerprint density at radius 3 is 2.62 bits per heavy atom. The molecule has 0 spiro atoms. The fourth-order valence-electron chi connectivity index (χ4n) is 2.76. The third-order valence-electron chi connectivity index (χ3n) is 3.69. The molecule has 1 fully saturated rings. The van der Waals surface area contributed by atoms with Crippen LogP contribution in [-0.4, -0.2) is 65.4 Å². The number of aliphatic carboxylic acids is 1. The molecule has 0 bridgehead atoms. The topological polar surface area (TPSA) is 102 Å². The summed E-state index contributed by atoms with van der Waals surface area (Å²) in [5, 5.41) is 24.1. The second-order valence-corrected chi connectivity index (χ2v) is 6.03. The van der Waals surface area contributed by atoms with Crippen molar-refractivity contribution in [2.75, 3.05) is 26.2 Å². The lowest BCUT2D eigenvalue weighted by molar-refractivity contribution is -0.135. The van der Waals surface area contributed by atoms with E-state index in [0.717, 1.165) is 19.3 Å². The zero-order valence-electron chi connectivity index (χ0n) is 12.8. The third kappa shape index (κ3) is 6.77. The molecule has 4 N–H and O–H groups in total. The van der Waals surface area contributed by atoms with E-state index >= 15 is 0 Å². The predicted octanol–water partition coefficient (Wildman–Crippen LogP) is 0.807. The molecule has 0 aromatic rings. The van der Waals surface area contributed by atoms with E-state index < -0.39 is 12.1 Å². The Morgan fingerprint density at radius 2 is 2.05 bits per heavy atom. The van der Waals surface area contributed by atoms with Gasteiger partial charge >= 0.3 is 12.1 Å². The molecule has 1 rings (SSSR count). The summed E-state index contributed by atoms with van der Waals surface area (Å²) < 4.78 is 0. The van der Waals surface area contributed by atoms with Gasteiger partial charge in [0.05, 0.1) is 6.54 Å². The van der Waals surface area contributed by atoms with E-state index in [1.165, 1.54) is 4.90 Å². The van der Waals surface area contributed by atoms with Gasteiger partial charge in [0.2, 0.25) is 0 Å². The minimum atomic E-state index is -0.869. The lowest BCUT2D eigenvalue weighted by Gasteiger charge is -2.26. The normalized spacial score (nSPS) is 20.0. The van der Waals surface area contributed by atoms with Crippen LogP contribution in [0.4, 0.5) is 4.79 Å². The van der Waals surface area contributed by atoms with Gasteiger partial charge in [0.25, 0.3) is 0 Å². The van der Waals surface area contributed by atoms with Crippen molar-refractivity contribution in [2.45, 2.75) is 45.2 Å². The molecular formula is C14H27N3O4. The van der Waals surface area contributed by atoms with Crippen molar-refractivity contribution in [3.8, 4) is 0 Å². The first kappa shape index (κ1) is 17.7. The van der Waals surface area contributed by atoms with E-state index in [9.17, 15) is 9.59 Å². The summed E-state index contributed by atoms with van der Waals surface area (Å²) in [6.07, 6.45) is 1.86. The van der Waals surface area contributed by atoms with Gasteiger partial charge in [-0.05, 0) is 25.2 Å². The first-order valence-corrected chi connectivity index (χ1v) is 7.55. The molecule has 0 saturated carbocycles. The van der Waals surface area contributed by atoms with Crippen LogP contribution >= 0.6 is 0 Å². The highest BCUT2D eigenvalue weighted by atomic mass is 16.4. The van der Waals surface area contributed by atoms with Crippen LogP contribution in [0.3, 0.4) is 0 Å². The van der Waals surface area contributed by atoms with Gasteiger partial charge in [0, 0.05) is 31.7 Å². The molecule has 0 unspecified atom stereocenters. The van der Waals surface area contributed by atoms with E-state index in [4.69, 9.17) is 10.2 Å². The molecular weight excluding hydrogens is 274 g/mol. The van der Waals surface area contributed by atoms with Gasteiger partial charge in [0.1, 0.15) is 0 Å². The van der Waals surface area contributed by atoms with Gasteiger partial charge in [-0.2, -0.15) is 0 Å². The monoisotopic (exact) mass is 301 g/mol. The van der Waals surface area contributed by atoms with Crippen molar-refractivity contribution >= 4 is 12.1 Å². The second kappa shape index (κ2) is 8.84. The lowest BCUT2D eigenvalue weighted by atomic mass is 10.0. The summed E-state index contributed by atoms with van der Waals surface area (Å²) in [6.45, 7) is 5.98. The van der Waals surface area contributed by atoms with E-state index in [0.29, 0.717) is 25.6 Å². The van der Waals surface area contributed by atoms with Gasteiger partial charge in [0.15, 0.2) is 0 Å². The maximum Gasteiger partial charge on any atom is 0.407 e. The van der Waals surface area contributed by atoms with E-state index in [1.54, 1.807) is 0 Å². The third-order valence-corrected chi connectivity index (χ3v) is 3.69.